The van der Waals surface area contributed by atoms with Crippen LogP contribution in [0.3, 0.4) is 0 Å². The summed E-state index contributed by atoms with van der Waals surface area (Å²) in [6.45, 7) is 2.51. The fourth-order valence-corrected chi connectivity index (χ4v) is 4.77. The van der Waals surface area contributed by atoms with E-state index in [0.29, 0.717) is 25.1 Å². The normalized spacial score (nSPS) is 22.5. The monoisotopic (exact) mass is 382 g/mol. The molecule has 2 aromatic rings. The van der Waals surface area contributed by atoms with Gasteiger partial charge >= 0.3 is 0 Å². The first-order valence-electron chi connectivity index (χ1n) is 9.54. The highest BCUT2D eigenvalue weighted by atomic mass is 19.1. The molecule has 0 saturated carbocycles. The van der Waals surface area contributed by atoms with E-state index in [9.17, 15) is 19.1 Å². The number of amides is 2. The molecule has 0 bridgehead atoms. The standard InChI is InChI=1S/C22H23FN2O3/c1-2-19(27)25-18(12-26)20(15-6-4-3-5-7-15)22(25)13-24(14-22)21(28)16-8-10-17(23)11-9-16/h3-11,18,20,26H,2,12-14H2,1H3/t18-,20-/m1/s1. The molecule has 0 unspecified atom stereocenters. The molecule has 28 heavy (non-hydrogen) atoms. The van der Waals surface area contributed by atoms with E-state index in [1.54, 1.807) is 16.7 Å². The number of hydrogen-bond donors (Lipinski definition) is 1. The Labute approximate surface area is 163 Å². The van der Waals surface area contributed by atoms with Crippen LogP contribution in [-0.4, -0.2) is 58.0 Å². The third kappa shape index (κ3) is 2.71. The van der Waals surface area contributed by atoms with Gasteiger partial charge in [-0.05, 0) is 29.8 Å². The van der Waals surface area contributed by atoms with Crippen molar-refractivity contribution in [1.82, 2.24) is 9.80 Å². The van der Waals surface area contributed by atoms with Crippen molar-refractivity contribution >= 4 is 11.8 Å². The maximum absolute atomic E-state index is 13.1. The second kappa shape index (κ2) is 7.02. The van der Waals surface area contributed by atoms with E-state index >= 15 is 0 Å². The molecule has 2 fully saturated rings. The van der Waals surface area contributed by atoms with Crippen molar-refractivity contribution in [3.63, 3.8) is 0 Å². The molecular formula is C22H23FN2O3. The Hall–Kier alpha value is -2.73. The molecule has 2 amide bonds. The number of likely N-dealkylation sites (tertiary alicyclic amines) is 2. The molecule has 1 spiro atoms. The number of carbonyl (C=O) groups excluding carboxylic acids is 2. The van der Waals surface area contributed by atoms with Gasteiger partial charge < -0.3 is 14.9 Å². The van der Waals surface area contributed by atoms with E-state index in [-0.39, 0.29) is 36.2 Å². The number of carbonyl (C=O) groups is 2. The lowest BCUT2D eigenvalue weighted by Crippen LogP contribution is -2.85. The molecule has 2 aliphatic rings. The van der Waals surface area contributed by atoms with Crippen LogP contribution < -0.4 is 0 Å². The third-order valence-corrected chi connectivity index (χ3v) is 6.00. The SMILES string of the molecule is CCC(=O)N1[C@H](CO)[C@@H](c2ccccc2)C12CN(C(=O)c1ccc(F)cc1)C2. The lowest BCUT2D eigenvalue weighted by molar-refractivity contribution is -0.193. The summed E-state index contributed by atoms with van der Waals surface area (Å²) in [5, 5.41) is 9.95. The second-order valence-electron chi connectivity index (χ2n) is 7.53. The van der Waals surface area contributed by atoms with Gasteiger partial charge in [0, 0.05) is 31.0 Å². The van der Waals surface area contributed by atoms with Gasteiger partial charge in [-0.1, -0.05) is 37.3 Å². The Morgan fingerprint density at radius 1 is 1.11 bits per heavy atom. The summed E-state index contributed by atoms with van der Waals surface area (Å²) < 4.78 is 13.1. The third-order valence-electron chi connectivity index (χ3n) is 6.00. The number of rotatable bonds is 4. The topological polar surface area (TPSA) is 60.9 Å². The summed E-state index contributed by atoms with van der Waals surface area (Å²) in [6.07, 6.45) is 0.353. The van der Waals surface area contributed by atoms with Gasteiger partial charge in [-0.15, -0.1) is 0 Å². The van der Waals surface area contributed by atoms with Gasteiger partial charge in [-0.25, -0.2) is 4.39 Å². The molecule has 0 aliphatic carbocycles. The van der Waals surface area contributed by atoms with Crippen LogP contribution in [0.2, 0.25) is 0 Å². The first-order chi connectivity index (χ1) is 13.5. The van der Waals surface area contributed by atoms with Crippen molar-refractivity contribution in [2.45, 2.75) is 30.8 Å². The summed E-state index contributed by atoms with van der Waals surface area (Å²) in [5.74, 6) is -0.592. The number of hydrogen-bond acceptors (Lipinski definition) is 3. The van der Waals surface area contributed by atoms with Crippen LogP contribution >= 0.6 is 0 Å². The maximum Gasteiger partial charge on any atom is 0.254 e. The van der Waals surface area contributed by atoms with Crippen LogP contribution in [0.25, 0.3) is 0 Å². The number of nitrogens with zero attached hydrogens (tertiary/aromatic N) is 2. The molecule has 5 nitrogen and oxygen atoms in total. The van der Waals surface area contributed by atoms with E-state index in [1.807, 2.05) is 30.3 Å². The van der Waals surface area contributed by atoms with Crippen LogP contribution in [0.5, 0.6) is 0 Å². The Kier molecular flexibility index (Phi) is 4.67. The zero-order valence-corrected chi connectivity index (χ0v) is 15.7. The number of benzene rings is 2. The summed E-state index contributed by atoms with van der Waals surface area (Å²) in [4.78, 5) is 28.8. The van der Waals surface area contributed by atoms with Gasteiger partial charge in [-0.3, -0.25) is 9.59 Å². The minimum atomic E-state index is -0.489. The molecule has 4 rings (SSSR count). The van der Waals surface area contributed by atoms with Crippen molar-refractivity contribution in [3.8, 4) is 0 Å². The summed E-state index contributed by atoms with van der Waals surface area (Å²) in [6, 6.07) is 15.1. The maximum atomic E-state index is 13.1. The summed E-state index contributed by atoms with van der Waals surface area (Å²) in [5.41, 5.74) is 1.01. The summed E-state index contributed by atoms with van der Waals surface area (Å²) >= 11 is 0. The molecular weight excluding hydrogens is 359 g/mol. The fourth-order valence-electron chi connectivity index (χ4n) is 4.77. The number of aliphatic hydroxyl groups is 1. The molecule has 0 aromatic heterocycles. The van der Waals surface area contributed by atoms with Crippen molar-refractivity contribution < 1.29 is 19.1 Å². The molecule has 146 valence electrons. The van der Waals surface area contributed by atoms with Gasteiger partial charge in [-0.2, -0.15) is 0 Å². The molecule has 2 aliphatic heterocycles. The first kappa shape index (κ1) is 18.6. The Bertz CT molecular complexity index is 878. The molecule has 1 N–H and O–H groups in total. The van der Waals surface area contributed by atoms with Crippen molar-refractivity contribution in [1.29, 1.82) is 0 Å². The lowest BCUT2D eigenvalue weighted by atomic mass is 9.60. The van der Waals surface area contributed by atoms with E-state index in [2.05, 4.69) is 0 Å². The van der Waals surface area contributed by atoms with Gasteiger partial charge in [0.25, 0.3) is 5.91 Å². The Morgan fingerprint density at radius 3 is 2.32 bits per heavy atom. The van der Waals surface area contributed by atoms with Gasteiger partial charge in [0.1, 0.15) is 5.82 Å². The van der Waals surface area contributed by atoms with E-state index in [1.165, 1.54) is 24.3 Å². The van der Waals surface area contributed by atoms with Gasteiger partial charge in [0.15, 0.2) is 0 Å². The number of aliphatic hydroxyl groups excluding tert-OH is 1. The highest BCUT2D eigenvalue weighted by Gasteiger charge is 2.67. The number of halogens is 1. The fraction of sp³-hybridized carbons (Fsp3) is 0.364. The van der Waals surface area contributed by atoms with Crippen molar-refractivity contribution in [2.24, 2.45) is 0 Å². The van der Waals surface area contributed by atoms with Crippen LogP contribution in [-0.2, 0) is 4.79 Å². The van der Waals surface area contributed by atoms with Crippen LogP contribution in [0.4, 0.5) is 4.39 Å². The Balaban J connectivity index is 1.61. The molecule has 2 atom stereocenters. The second-order valence-corrected chi connectivity index (χ2v) is 7.53. The van der Waals surface area contributed by atoms with E-state index in [4.69, 9.17) is 0 Å². The molecule has 2 heterocycles. The van der Waals surface area contributed by atoms with Crippen molar-refractivity contribution in [3.05, 3.63) is 71.5 Å². The zero-order valence-electron chi connectivity index (χ0n) is 15.7. The average molecular weight is 382 g/mol. The predicted octanol–water partition coefficient (Wildman–Crippen LogP) is 2.42. The molecule has 0 radical (unpaired) electrons. The highest BCUT2D eigenvalue weighted by Crippen LogP contribution is 2.54. The molecule has 2 aromatic carbocycles. The molecule has 6 heteroatoms. The minimum Gasteiger partial charge on any atom is -0.394 e. The lowest BCUT2D eigenvalue weighted by Gasteiger charge is -2.70. The van der Waals surface area contributed by atoms with Crippen LogP contribution in [0, 0.1) is 5.82 Å². The smallest absolute Gasteiger partial charge is 0.254 e. The largest absolute Gasteiger partial charge is 0.394 e. The van der Waals surface area contributed by atoms with E-state index in [0.717, 1.165) is 5.56 Å². The summed E-state index contributed by atoms with van der Waals surface area (Å²) in [7, 11) is 0. The predicted molar refractivity (Wildman–Crippen MR) is 102 cm³/mol. The average Bonchev–Trinajstić information content (AvgIpc) is 2.67. The van der Waals surface area contributed by atoms with Crippen LogP contribution in [0.1, 0.15) is 35.2 Å². The minimum absolute atomic E-state index is 0.0138. The van der Waals surface area contributed by atoms with Gasteiger partial charge in [0.05, 0.1) is 18.2 Å². The molecule has 2 saturated heterocycles. The van der Waals surface area contributed by atoms with E-state index < -0.39 is 5.54 Å². The van der Waals surface area contributed by atoms with Crippen molar-refractivity contribution in [2.75, 3.05) is 19.7 Å². The first-order valence-corrected chi connectivity index (χ1v) is 9.54. The van der Waals surface area contributed by atoms with Crippen LogP contribution in [0.15, 0.2) is 54.6 Å². The van der Waals surface area contributed by atoms with Gasteiger partial charge in [0.2, 0.25) is 5.91 Å². The Morgan fingerprint density at radius 2 is 1.75 bits per heavy atom. The zero-order chi connectivity index (χ0) is 19.9. The highest BCUT2D eigenvalue weighted by molar-refractivity contribution is 5.95. The quantitative estimate of drug-likeness (QED) is 0.884.